The van der Waals surface area contributed by atoms with E-state index in [9.17, 15) is 0 Å². The van der Waals surface area contributed by atoms with Gasteiger partial charge in [-0.05, 0) is 0 Å². The maximum Gasteiger partial charge on any atom is -0.0533 e. The van der Waals surface area contributed by atoms with Gasteiger partial charge in [-0.25, -0.2) is 0 Å². The normalized spacial score (nSPS) is 9.13. The molecule has 0 rings (SSSR count). The Kier molecular flexibility index (Phi) is 50.1. The zero-order chi connectivity index (χ0) is 14.0. The molecule has 0 heteroatoms. The van der Waals surface area contributed by atoms with Crippen molar-refractivity contribution in [3.05, 3.63) is 0 Å². The van der Waals surface area contributed by atoms with Gasteiger partial charge in [0.25, 0.3) is 0 Å². The first kappa shape index (κ1) is 34.4. The maximum absolute atomic E-state index is 2.30. The third kappa shape index (κ3) is 34.4. The molecule has 0 unspecified atom stereocenters. The van der Waals surface area contributed by atoms with Gasteiger partial charge in [0, 0.05) is 0 Å². The predicted octanol–water partition coefficient (Wildman–Crippen LogP) is 10.2. The fourth-order valence-corrected chi connectivity index (χ4v) is 2.80. The lowest BCUT2D eigenvalue weighted by atomic mass is 10.0. The Morgan fingerprint density at radius 2 is 0.391 bits per heavy atom. The van der Waals surface area contributed by atoms with Crippen molar-refractivity contribution in [2.75, 3.05) is 0 Å². The summed E-state index contributed by atoms with van der Waals surface area (Å²) in [4.78, 5) is 0. The molecule has 0 aromatic heterocycles. The highest BCUT2D eigenvalue weighted by molar-refractivity contribution is 4.49. The van der Waals surface area contributed by atoms with E-state index in [2.05, 4.69) is 13.8 Å². The average Bonchev–Trinajstić information content (AvgIpc) is 2.43. The van der Waals surface area contributed by atoms with Crippen LogP contribution in [0.4, 0.5) is 0 Å². The van der Waals surface area contributed by atoms with Gasteiger partial charge in [0.2, 0.25) is 0 Å². The monoisotopic (exact) mass is 332 g/mol. The van der Waals surface area contributed by atoms with Crippen molar-refractivity contribution in [1.29, 1.82) is 0 Å². The molecule has 0 saturated heterocycles. The average molecular weight is 333 g/mol. The molecule has 0 radical (unpaired) electrons. The molecule has 0 heterocycles. The van der Waals surface area contributed by atoms with Gasteiger partial charge in [-0.2, -0.15) is 0 Å². The van der Waals surface area contributed by atoms with Gasteiger partial charge >= 0.3 is 0 Å². The van der Waals surface area contributed by atoms with E-state index in [-0.39, 0.29) is 29.7 Å². The summed E-state index contributed by atoms with van der Waals surface area (Å²) in [6, 6.07) is 0. The van der Waals surface area contributed by atoms with E-state index in [4.69, 9.17) is 0 Å². The molecule has 0 aromatic carbocycles. The van der Waals surface area contributed by atoms with Crippen LogP contribution in [0, 0.1) is 0 Å². The molecule has 0 atom stereocenters. The maximum atomic E-state index is 2.30. The fraction of sp³-hybridized carbons (Fsp3) is 1.00. The molecule has 0 nitrogen and oxygen atoms in total. The predicted molar refractivity (Wildman–Crippen MR) is 117 cm³/mol. The molecule has 23 heavy (non-hydrogen) atoms. The van der Waals surface area contributed by atoms with Crippen molar-refractivity contribution in [2.45, 2.75) is 153 Å². The van der Waals surface area contributed by atoms with Crippen molar-refractivity contribution < 1.29 is 0 Å². The van der Waals surface area contributed by atoms with Gasteiger partial charge in [0.05, 0.1) is 0 Å². The summed E-state index contributed by atoms with van der Waals surface area (Å²) < 4.78 is 0. The highest BCUT2D eigenvalue weighted by Crippen LogP contribution is 2.13. The molecule has 0 bridgehead atoms. The van der Waals surface area contributed by atoms with Crippen molar-refractivity contribution >= 4 is 0 Å². The van der Waals surface area contributed by atoms with Crippen LogP contribution in [-0.2, 0) is 0 Å². The number of hydrogen-bond donors (Lipinski definition) is 0. The summed E-state index contributed by atoms with van der Waals surface area (Å²) in [5, 5.41) is 0. The molecule has 0 saturated carbocycles. The van der Waals surface area contributed by atoms with Crippen LogP contribution in [-0.4, -0.2) is 0 Å². The Morgan fingerprint density at radius 1 is 0.261 bits per heavy atom. The van der Waals surface area contributed by atoms with Crippen LogP contribution in [0.25, 0.3) is 0 Å². The fourth-order valence-electron chi connectivity index (χ4n) is 2.80. The molecule has 0 aliphatic heterocycles. The van der Waals surface area contributed by atoms with E-state index in [0.717, 1.165) is 0 Å². The summed E-state index contributed by atoms with van der Waals surface area (Å²) in [5.74, 6) is 0. The van der Waals surface area contributed by atoms with E-state index in [1.165, 1.54) is 109 Å². The standard InChI is InChI=1S/C19H40.4CH4/c1-3-5-7-9-11-13-15-17-19-18-16-14-12-10-8-6-4-2;;;;/h3-19H2,1-2H3;4*1H4. The van der Waals surface area contributed by atoms with Crippen LogP contribution in [0.1, 0.15) is 153 Å². The van der Waals surface area contributed by atoms with Crippen molar-refractivity contribution in [3.8, 4) is 0 Å². The number of rotatable bonds is 16. The topological polar surface area (TPSA) is 0 Å². The first-order valence-electron chi connectivity index (χ1n) is 9.41. The van der Waals surface area contributed by atoms with Crippen LogP contribution in [0.2, 0.25) is 0 Å². The molecule has 0 fully saturated rings. The smallest absolute Gasteiger partial charge is 0.0533 e. The Morgan fingerprint density at radius 3 is 0.522 bits per heavy atom. The van der Waals surface area contributed by atoms with Crippen LogP contribution in [0.3, 0.4) is 0 Å². The summed E-state index contributed by atoms with van der Waals surface area (Å²) >= 11 is 0. The van der Waals surface area contributed by atoms with E-state index in [1.807, 2.05) is 0 Å². The molecule has 0 aliphatic rings. The molecular formula is C23H56. The summed E-state index contributed by atoms with van der Waals surface area (Å²) in [5.41, 5.74) is 0. The van der Waals surface area contributed by atoms with Crippen LogP contribution >= 0.6 is 0 Å². The van der Waals surface area contributed by atoms with Crippen molar-refractivity contribution in [3.63, 3.8) is 0 Å². The SMILES string of the molecule is C.C.C.C.CCCCCCCCCCCCCCCCCCC. The lowest BCUT2D eigenvalue weighted by Gasteiger charge is -2.03. The molecule has 0 N–H and O–H groups in total. The van der Waals surface area contributed by atoms with E-state index in [1.54, 1.807) is 0 Å². The molecule has 0 amide bonds. The molecule has 148 valence electrons. The zero-order valence-corrected chi connectivity index (χ0v) is 14.0. The molecule has 0 spiro atoms. The highest BCUT2D eigenvalue weighted by Gasteiger charge is 1.94. The first-order valence-corrected chi connectivity index (χ1v) is 9.41. The van der Waals surface area contributed by atoms with Gasteiger partial charge in [0.1, 0.15) is 0 Å². The number of unbranched alkanes of at least 4 members (excludes halogenated alkanes) is 16. The Balaban J connectivity index is -0.000000270. The van der Waals surface area contributed by atoms with Gasteiger partial charge in [-0.15, -0.1) is 0 Å². The van der Waals surface area contributed by atoms with E-state index >= 15 is 0 Å². The third-order valence-corrected chi connectivity index (χ3v) is 4.21. The van der Waals surface area contributed by atoms with Crippen LogP contribution in [0.15, 0.2) is 0 Å². The van der Waals surface area contributed by atoms with Crippen LogP contribution < -0.4 is 0 Å². The Hall–Kier alpha value is 0. The zero-order valence-electron chi connectivity index (χ0n) is 14.0. The molecular weight excluding hydrogens is 276 g/mol. The second-order valence-electron chi connectivity index (χ2n) is 6.30. The summed E-state index contributed by atoms with van der Waals surface area (Å²) in [6.45, 7) is 4.59. The summed E-state index contributed by atoms with van der Waals surface area (Å²) in [7, 11) is 0. The first-order chi connectivity index (χ1) is 9.41. The van der Waals surface area contributed by atoms with Gasteiger partial charge in [-0.1, -0.05) is 153 Å². The van der Waals surface area contributed by atoms with Crippen molar-refractivity contribution in [2.24, 2.45) is 0 Å². The Labute approximate surface area is 153 Å². The second kappa shape index (κ2) is 33.6. The van der Waals surface area contributed by atoms with E-state index in [0.29, 0.717) is 0 Å². The molecule has 0 aromatic rings. The quantitative estimate of drug-likeness (QED) is 0.246. The second-order valence-corrected chi connectivity index (χ2v) is 6.30. The largest absolute Gasteiger partial charge is 0.0776 e. The van der Waals surface area contributed by atoms with Crippen molar-refractivity contribution in [1.82, 2.24) is 0 Å². The van der Waals surface area contributed by atoms with Crippen LogP contribution in [0.5, 0.6) is 0 Å². The Bertz CT molecular complexity index is 123. The minimum absolute atomic E-state index is 0. The lowest BCUT2D eigenvalue weighted by molar-refractivity contribution is 0.529. The number of hydrogen-bond acceptors (Lipinski definition) is 0. The minimum atomic E-state index is 0. The highest BCUT2D eigenvalue weighted by atomic mass is 14.0. The van der Waals surface area contributed by atoms with Gasteiger partial charge < -0.3 is 0 Å². The van der Waals surface area contributed by atoms with Gasteiger partial charge in [0.15, 0.2) is 0 Å². The third-order valence-electron chi connectivity index (χ3n) is 4.21. The lowest BCUT2D eigenvalue weighted by Crippen LogP contribution is -1.83. The molecule has 0 aliphatic carbocycles. The minimum Gasteiger partial charge on any atom is -0.0776 e. The summed E-state index contributed by atoms with van der Waals surface area (Å²) in [6.07, 6.45) is 24.9. The van der Waals surface area contributed by atoms with Gasteiger partial charge in [-0.3, -0.25) is 0 Å². The van der Waals surface area contributed by atoms with E-state index < -0.39 is 0 Å².